The molecular formula is C14H21NO. The van der Waals surface area contributed by atoms with Gasteiger partial charge in [-0.25, -0.2) is 0 Å². The molecule has 0 aliphatic heterocycles. The lowest BCUT2D eigenvalue weighted by molar-refractivity contribution is -0.121. The molecule has 0 spiro atoms. The van der Waals surface area contributed by atoms with Crippen molar-refractivity contribution in [2.24, 2.45) is 5.92 Å². The summed E-state index contributed by atoms with van der Waals surface area (Å²) in [7, 11) is 0. The zero-order valence-corrected chi connectivity index (χ0v) is 10.6. The Morgan fingerprint density at radius 1 is 1.25 bits per heavy atom. The third-order valence-electron chi connectivity index (χ3n) is 2.65. The van der Waals surface area contributed by atoms with E-state index in [1.807, 2.05) is 0 Å². The van der Waals surface area contributed by atoms with Gasteiger partial charge in [-0.3, -0.25) is 4.79 Å². The van der Waals surface area contributed by atoms with Crippen molar-refractivity contribution < 1.29 is 4.79 Å². The van der Waals surface area contributed by atoms with E-state index in [2.05, 4.69) is 51.2 Å². The molecule has 2 nitrogen and oxygen atoms in total. The smallest absolute Gasteiger partial charge is 0.220 e. The van der Waals surface area contributed by atoms with Crippen molar-refractivity contribution in [1.29, 1.82) is 0 Å². The van der Waals surface area contributed by atoms with Gasteiger partial charge in [-0.1, -0.05) is 32.0 Å². The molecular weight excluding hydrogens is 198 g/mol. The summed E-state index contributed by atoms with van der Waals surface area (Å²) in [6.07, 6.45) is 0.602. The van der Waals surface area contributed by atoms with Crippen LogP contribution in [0.4, 0.5) is 0 Å². The number of aryl methyl sites for hydroxylation is 2. The number of carbonyl (C=O) groups excluding carboxylic acids is 1. The van der Waals surface area contributed by atoms with Crippen molar-refractivity contribution in [2.45, 2.75) is 40.7 Å². The standard InChI is InChI=1S/C14H21NO/c1-10(2)7-14(16)15-9-13-6-5-11(3)12(4)8-13/h5-6,8,10H,7,9H2,1-4H3,(H,15,16). The number of amides is 1. The molecule has 16 heavy (non-hydrogen) atoms. The minimum absolute atomic E-state index is 0.133. The molecule has 1 amide bonds. The average Bonchev–Trinajstić information content (AvgIpc) is 2.19. The molecule has 1 aromatic carbocycles. The Morgan fingerprint density at radius 2 is 1.94 bits per heavy atom. The second-order valence-electron chi connectivity index (χ2n) is 4.79. The molecule has 0 atom stereocenters. The van der Waals surface area contributed by atoms with Gasteiger partial charge in [0.1, 0.15) is 0 Å². The number of hydrogen-bond acceptors (Lipinski definition) is 1. The first-order valence-corrected chi connectivity index (χ1v) is 5.82. The highest BCUT2D eigenvalue weighted by atomic mass is 16.1. The zero-order valence-electron chi connectivity index (χ0n) is 10.6. The van der Waals surface area contributed by atoms with Crippen LogP contribution in [0, 0.1) is 19.8 Å². The van der Waals surface area contributed by atoms with Crippen LogP contribution in [0.5, 0.6) is 0 Å². The second-order valence-corrected chi connectivity index (χ2v) is 4.79. The molecule has 88 valence electrons. The molecule has 0 aromatic heterocycles. The van der Waals surface area contributed by atoms with Crippen LogP contribution in [-0.4, -0.2) is 5.91 Å². The fourth-order valence-corrected chi connectivity index (χ4v) is 1.56. The first-order valence-electron chi connectivity index (χ1n) is 5.82. The van der Waals surface area contributed by atoms with E-state index in [9.17, 15) is 4.79 Å². The number of nitrogens with one attached hydrogen (secondary N) is 1. The Labute approximate surface area is 98.1 Å². The van der Waals surface area contributed by atoms with Crippen molar-refractivity contribution >= 4 is 5.91 Å². The Kier molecular flexibility index (Phi) is 4.53. The quantitative estimate of drug-likeness (QED) is 0.828. The Bertz CT molecular complexity index is 369. The highest BCUT2D eigenvalue weighted by molar-refractivity contribution is 5.76. The predicted octanol–water partition coefficient (Wildman–Crippen LogP) is 2.97. The van der Waals surface area contributed by atoms with Crippen LogP contribution in [0.2, 0.25) is 0 Å². The molecule has 0 saturated carbocycles. The third-order valence-corrected chi connectivity index (χ3v) is 2.65. The van der Waals surface area contributed by atoms with Crippen LogP contribution >= 0.6 is 0 Å². The minimum atomic E-state index is 0.133. The first-order chi connectivity index (χ1) is 7.49. The topological polar surface area (TPSA) is 29.1 Å². The predicted molar refractivity (Wildman–Crippen MR) is 67.2 cm³/mol. The van der Waals surface area contributed by atoms with Crippen molar-refractivity contribution in [3.8, 4) is 0 Å². The minimum Gasteiger partial charge on any atom is -0.352 e. The Morgan fingerprint density at radius 3 is 2.50 bits per heavy atom. The number of rotatable bonds is 4. The van der Waals surface area contributed by atoms with E-state index in [-0.39, 0.29) is 5.91 Å². The van der Waals surface area contributed by atoms with E-state index < -0.39 is 0 Å². The molecule has 1 aromatic rings. The number of carbonyl (C=O) groups is 1. The van der Waals surface area contributed by atoms with Crippen molar-refractivity contribution in [2.75, 3.05) is 0 Å². The van der Waals surface area contributed by atoms with Crippen LogP contribution in [0.1, 0.15) is 37.0 Å². The average molecular weight is 219 g/mol. The van der Waals surface area contributed by atoms with E-state index in [0.717, 1.165) is 0 Å². The van der Waals surface area contributed by atoms with Crippen molar-refractivity contribution in [1.82, 2.24) is 5.32 Å². The number of benzene rings is 1. The molecule has 0 aliphatic carbocycles. The summed E-state index contributed by atoms with van der Waals surface area (Å²) >= 11 is 0. The van der Waals surface area contributed by atoms with Gasteiger partial charge in [-0.05, 0) is 36.5 Å². The largest absolute Gasteiger partial charge is 0.352 e. The fourth-order valence-electron chi connectivity index (χ4n) is 1.56. The van der Waals surface area contributed by atoms with Gasteiger partial charge in [0.15, 0.2) is 0 Å². The summed E-state index contributed by atoms with van der Waals surface area (Å²) in [5.74, 6) is 0.549. The lowest BCUT2D eigenvalue weighted by atomic mass is 10.1. The molecule has 0 bridgehead atoms. The van der Waals surface area contributed by atoms with Crippen LogP contribution in [-0.2, 0) is 11.3 Å². The molecule has 0 fully saturated rings. The van der Waals surface area contributed by atoms with Crippen molar-refractivity contribution in [3.05, 3.63) is 34.9 Å². The van der Waals surface area contributed by atoms with Crippen LogP contribution in [0.25, 0.3) is 0 Å². The summed E-state index contributed by atoms with van der Waals surface area (Å²) in [4.78, 5) is 11.5. The zero-order chi connectivity index (χ0) is 12.1. The van der Waals surface area contributed by atoms with Gasteiger partial charge in [0.2, 0.25) is 5.91 Å². The summed E-state index contributed by atoms with van der Waals surface area (Å²) < 4.78 is 0. The highest BCUT2D eigenvalue weighted by Gasteiger charge is 2.04. The van der Waals surface area contributed by atoms with Gasteiger partial charge in [0.25, 0.3) is 0 Å². The Balaban J connectivity index is 2.48. The van der Waals surface area contributed by atoms with Gasteiger partial charge in [-0.15, -0.1) is 0 Å². The normalized spacial score (nSPS) is 10.6. The second kappa shape index (κ2) is 5.69. The SMILES string of the molecule is Cc1ccc(CNC(=O)CC(C)C)cc1C. The lowest BCUT2D eigenvalue weighted by Gasteiger charge is -2.08. The van der Waals surface area contributed by atoms with E-state index >= 15 is 0 Å². The fraction of sp³-hybridized carbons (Fsp3) is 0.500. The van der Waals surface area contributed by atoms with Gasteiger partial charge in [0.05, 0.1) is 0 Å². The maximum atomic E-state index is 11.5. The van der Waals surface area contributed by atoms with Crippen LogP contribution < -0.4 is 5.32 Å². The number of hydrogen-bond donors (Lipinski definition) is 1. The molecule has 0 unspecified atom stereocenters. The molecule has 0 saturated heterocycles. The molecule has 0 aliphatic rings. The van der Waals surface area contributed by atoms with Gasteiger partial charge >= 0.3 is 0 Å². The molecule has 0 radical (unpaired) electrons. The van der Waals surface area contributed by atoms with Gasteiger partial charge < -0.3 is 5.32 Å². The van der Waals surface area contributed by atoms with Crippen LogP contribution in [0.15, 0.2) is 18.2 Å². The molecule has 0 heterocycles. The maximum absolute atomic E-state index is 11.5. The molecule has 1 rings (SSSR count). The lowest BCUT2D eigenvalue weighted by Crippen LogP contribution is -2.23. The van der Waals surface area contributed by atoms with E-state index in [1.165, 1.54) is 16.7 Å². The molecule has 2 heteroatoms. The van der Waals surface area contributed by atoms with E-state index in [1.54, 1.807) is 0 Å². The third kappa shape index (κ3) is 4.05. The van der Waals surface area contributed by atoms with Gasteiger partial charge in [0, 0.05) is 13.0 Å². The van der Waals surface area contributed by atoms with Crippen LogP contribution in [0.3, 0.4) is 0 Å². The summed E-state index contributed by atoms with van der Waals surface area (Å²) in [5.41, 5.74) is 3.73. The first kappa shape index (κ1) is 12.8. The monoisotopic (exact) mass is 219 g/mol. The Hall–Kier alpha value is -1.31. The summed E-state index contributed by atoms with van der Waals surface area (Å²) in [5, 5.41) is 2.94. The van der Waals surface area contributed by atoms with E-state index in [0.29, 0.717) is 18.9 Å². The van der Waals surface area contributed by atoms with Gasteiger partial charge in [-0.2, -0.15) is 0 Å². The molecule has 1 N–H and O–H groups in total. The maximum Gasteiger partial charge on any atom is 0.220 e. The summed E-state index contributed by atoms with van der Waals surface area (Å²) in [6, 6.07) is 6.29. The van der Waals surface area contributed by atoms with E-state index in [4.69, 9.17) is 0 Å². The summed E-state index contributed by atoms with van der Waals surface area (Å²) in [6.45, 7) is 8.92. The highest BCUT2D eigenvalue weighted by Crippen LogP contribution is 2.09. The van der Waals surface area contributed by atoms with Crippen molar-refractivity contribution in [3.63, 3.8) is 0 Å².